The molecule has 2 amide bonds. The third-order valence-electron chi connectivity index (χ3n) is 4.05. The van der Waals surface area contributed by atoms with Crippen molar-refractivity contribution < 1.29 is 9.59 Å². The van der Waals surface area contributed by atoms with Crippen molar-refractivity contribution >= 4 is 11.8 Å². The number of amides is 2. The molecule has 2 heterocycles. The van der Waals surface area contributed by atoms with Gasteiger partial charge in [-0.15, -0.1) is 0 Å². The van der Waals surface area contributed by atoms with Gasteiger partial charge >= 0.3 is 0 Å². The molecular formula is C15H24N4O2. The van der Waals surface area contributed by atoms with E-state index in [1.165, 1.54) is 0 Å². The van der Waals surface area contributed by atoms with E-state index in [1.807, 2.05) is 6.92 Å². The molecule has 0 aromatic carbocycles. The highest BCUT2D eigenvalue weighted by Gasteiger charge is 2.36. The first-order chi connectivity index (χ1) is 9.95. The van der Waals surface area contributed by atoms with Gasteiger partial charge in [0, 0.05) is 33.4 Å². The highest BCUT2D eigenvalue weighted by atomic mass is 16.2. The van der Waals surface area contributed by atoms with Crippen LogP contribution in [0.25, 0.3) is 0 Å². The number of aromatic nitrogens is 2. The van der Waals surface area contributed by atoms with E-state index >= 15 is 0 Å². The summed E-state index contributed by atoms with van der Waals surface area (Å²) in [5.41, 5.74) is 1.31. The lowest BCUT2D eigenvalue weighted by Gasteiger charge is -2.39. The molecule has 1 saturated heterocycles. The van der Waals surface area contributed by atoms with Gasteiger partial charge in [-0.3, -0.25) is 14.3 Å². The van der Waals surface area contributed by atoms with Crippen LogP contribution in [-0.4, -0.2) is 57.6 Å². The van der Waals surface area contributed by atoms with E-state index in [1.54, 1.807) is 34.8 Å². The Balaban J connectivity index is 2.24. The third-order valence-corrected chi connectivity index (χ3v) is 4.05. The fourth-order valence-corrected chi connectivity index (χ4v) is 2.80. The van der Waals surface area contributed by atoms with Gasteiger partial charge in [0.05, 0.1) is 11.3 Å². The number of unbranched alkanes of at least 4 members (excludes halogenated alkanes) is 1. The van der Waals surface area contributed by atoms with Crippen LogP contribution < -0.4 is 0 Å². The summed E-state index contributed by atoms with van der Waals surface area (Å²) >= 11 is 0. The monoisotopic (exact) mass is 292 g/mol. The number of carbonyl (C=O) groups excluding carboxylic acids is 2. The number of aryl methyl sites for hydroxylation is 2. The molecule has 0 radical (unpaired) electrons. The predicted octanol–water partition coefficient (Wildman–Crippen LogP) is 1.20. The molecule has 1 aliphatic heterocycles. The number of rotatable bonds is 4. The summed E-state index contributed by atoms with van der Waals surface area (Å²) in [6, 6.07) is -0.337. The average Bonchev–Trinajstić information content (AvgIpc) is 2.78. The number of nitrogens with zero attached hydrogens (tertiary/aromatic N) is 4. The molecular weight excluding hydrogens is 268 g/mol. The van der Waals surface area contributed by atoms with Crippen molar-refractivity contribution in [3.63, 3.8) is 0 Å². The summed E-state index contributed by atoms with van der Waals surface area (Å²) in [6.45, 7) is 5.09. The Labute approximate surface area is 125 Å². The van der Waals surface area contributed by atoms with E-state index in [9.17, 15) is 9.59 Å². The largest absolute Gasteiger partial charge is 0.342 e. The Hall–Kier alpha value is -1.85. The van der Waals surface area contributed by atoms with Gasteiger partial charge < -0.3 is 9.80 Å². The summed E-state index contributed by atoms with van der Waals surface area (Å²) in [5.74, 6) is -0.0345. The lowest BCUT2D eigenvalue weighted by atomic mass is 10.0. The predicted molar refractivity (Wildman–Crippen MR) is 79.9 cm³/mol. The topological polar surface area (TPSA) is 58.4 Å². The van der Waals surface area contributed by atoms with Gasteiger partial charge in [0.15, 0.2) is 0 Å². The van der Waals surface area contributed by atoms with Gasteiger partial charge in [0.1, 0.15) is 6.04 Å². The second kappa shape index (κ2) is 6.28. The number of carbonyl (C=O) groups is 2. The van der Waals surface area contributed by atoms with Crippen LogP contribution in [0.4, 0.5) is 0 Å². The summed E-state index contributed by atoms with van der Waals surface area (Å²) in [4.78, 5) is 28.6. The normalized spacial score (nSPS) is 19.2. The van der Waals surface area contributed by atoms with Crippen LogP contribution >= 0.6 is 0 Å². The van der Waals surface area contributed by atoms with Crippen LogP contribution in [0, 0.1) is 6.92 Å². The standard InChI is InChI=1S/C15H24N4O2/c1-5-6-7-13-15(21)17(3)8-9-19(13)14(20)12-10-18(4)16-11(12)2/h10,13H,5-9H2,1-4H3/t13-/m1/s1. The minimum atomic E-state index is -0.337. The van der Waals surface area contributed by atoms with Crippen LogP contribution in [0.5, 0.6) is 0 Å². The summed E-state index contributed by atoms with van der Waals surface area (Å²) in [7, 11) is 3.60. The van der Waals surface area contributed by atoms with Crippen LogP contribution in [0.2, 0.25) is 0 Å². The zero-order chi connectivity index (χ0) is 15.6. The second-order valence-electron chi connectivity index (χ2n) is 5.72. The lowest BCUT2D eigenvalue weighted by Crippen LogP contribution is -2.57. The van der Waals surface area contributed by atoms with Crippen molar-refractivity contribution in [2.45, 2.75) is 39.2 Å². The van der Waals surface area contributed by atoms with Crippen molar-refractivity contribution in [1.29, 1.82) is 0 Å². The number of hydrogen-bond donors (Lipinski definition) is 0. The van der Waals surface area contributed by atoms with Gasteiger partial charge in [-0.2, -0.15) is 5.10 Å². The molecule has 0 aliphatic carbocycles. The van der Waals surface area contributed by atoms with Crippen molar-refractivity contribution in [2.75, 3.05) is 20.1 Å². The molecule has 0 bridgehead atoms. The minimum Gasteiger partial charge on any atom is -0.342 e. The minimum absolute atomic E-state index is 0.0459. The summed E-state index contributed by atoms with van der Waals surface area (Å²) in [5, 5.41) is 4.22. The number of hydrogen-bond acceptors (Lipinski definition) is 3. The maximum atomic E-state index is 12.8. The quantitative estimate of drug-likeness (QED) is 0.838. The molecule has 21 heavy (non-hydrogen) atoms. The molecule has 116 valence electrons. The van der Waals surface area contributed by atoms with Crippen molar-refractivity contribution in [3.05, 3.63) is 17.5 Å². The van der Waals surface area contributed by atoms with Gasteiger partial charge in [-0.25, -0.2) is 0 Å². The SMILES string of the molecule is CCCC[C@@H]1C(=O)N(C)CCN1C(=O)c1cn(C)nc1C. The molecule has 0 N–H and O–H groups in total. The fourth-order valence-electron chi connectivity index (χ4n) is 2.80. The average molecular weight is 292 g/mol. The smallest absolute Gasteiger partial charge is 0.258 e. The van der Waals surface area contributed by atoms with Crippen molar-refractivity contribution in [2.24, 2.45) is 7.05 Å². The highest BCUT2D eigenvalue weighted by molar-refractivity contribution is 5.98. The van der Waals surface area contributed by atoms with E-state index in [0.29, 0.717) is 24.3 Å². The van der Waals surface area contributed by atoms with Gasteiger partial charge in [-0.1, -0.05) is 19.8 Å². The van der Waals surface area contributed by atoms with Crippen molar-refractivity contribution in [3.8, 4) is 0 Å². The molecule has 0 spiro atoms. The Kier molecular flexibility index (Phi) is 4.65. The molecule has 1 aromatic heterocycles. The van der Waals surface area contributed by atoms with E-state index in [0.717, 1.165) is 19.3 Å². The van der Waals surface area contributed by atoms with Crippen LogP contribution in [-0.2, 0) is 11.8 Å². The summed E-state index contributed by atoms with van der Waals surface area (Å²) < 4.78 is 1.64. The number of piperazine rings is 1. The van der Waals surface area contributed by atoms with E-state index in [4.69, 9.17) is 0 Å². The van der Waals surface area contributed by atoms with E-state index in [-0.39, 0.29) is 17.9 Å². The molecule has 1 atom stereocenters. The van der Waals surface area contributed by atoms with E-state index in [2.05, 4.69) is 12.0 Å². The maximum absolute atomic E-state index is 12.8. The third kappa shape index (κ3) is 3.09. The molecule has 1 aromatic rings. The molecule has 0 unspecified atom stereocenters. The van der Waals surface area contributed by atoms with Crippen LogP contribution in [0.15, 0.2) is 6.20 Å². The maximum Gasteiger partial charge on any atom is 0.258 e. The van der Waals surface area contributed by atoms with Gasteiger partial charge in [0.2, 0.25) is 5.91 Å². The first-order valence-electron chi connectivity index (χ1n) is 7.52. The Morgan fingerprint density at radius 1 is 1.38 bits per heavy atom. The second-order valence-corrected chi connectivity index (χ2v) is 5.72. The molecule has 6 heteroatoms. The van der Waals surface area contributed by atoms with Gasteiger partial charge in [-0.05, 0) is 13.3 Å². The molecule has 6 nitrogen and oxygen atoms in total. The Bertz CT molecular complexity index is 538. The lowest BCUT2D eigenvalue weighted by molar-refractivity contribution is -0.138. The first-order valence-corrected chi connectivity index (χ1v) is 7.52. The molecule has 0 saturated carbocycles. The van der Waals surface area contributed by atoms with E-state index < -0.39 is 0 Å². The zero-order valence-electron chi connectivity index (χ0n) is 13.3. The molecule has 1 aliphatic rings. The molecule has 2 rings (SSSR count). The van der Waals surface area contributed by atoms with Crippen molar-refractivity contribution in [1.82, 2.24) is 19.6 Å². The molecule has 1 fully saturated rings. The zero-order valence-corrected chi connectivity index (χ0v) is 13.3. The van der Waals surface area contributed by atoms with Crippen LogP contribution in [0.1, 0.15) is 42.2 Å². The highest BCUT2D eigenvalue weighted by Crippen LogP contribution is 2.20. The Morgan fingerprint density at radius 2 is 2.10 bits per heavy atom. The number of likely N-dealkylation sites (N-methyl/N-ethyl adjacent to an activating group) is 1. The Morgan fingerprint density at radius 3 is 2.67 bits per heavy atom. The first kappa shape index (κ1) is 15.5. The summed E-state index contributed by atoms with van der Waals surface area (Å²) in [6.07, 6.45) is 4.42. The van der Waals surface area contributed by atoms with Gasteiger partial charge in [0.25, 0.3) is 5.91 Å². The van der Waals surface area contributed by atoms with Crippen LogP contribution in [0.3, 0.4) is 0 Å². The fraction of sp³-hybridized carbons (Fsp3) is 0.667.